The summed E-state index contributed by atoms with van der Waals surface area (Å²) in [5.74, 6) is -3.95. The maximum absolute atomic E-state index is 13.8. The van der Waals surface area contributed by atoms with Crippen LogP contribution in [0.5, 0.6) is 34.5 Å². The maximum atomic E-state index is 13.8. The first kappa shape index (κ1) is 37.0. The lowest BCUT2D eigenvalue weighted by molar-refractivity contribution is -0.281. The first-order valence-corrected chi connectivity index (χ1v) is 16.2. The van der Waals surface area contributed by atoms with Crippen LogP contribution in [0, 0.1) is 0 Å². The quantitative estimate of drug-likeness (QED) is 0.0798. The molecule has 5 atom stereocenters. The van der Waals surface area contributed by atoms with E-state index < -0.39 is 77.3 Å². The van der Waals surface area contributed by atoms with E-state index in [1.54, 1.807) is 12.1 Å². The van der Waals surface area contributed by atoms with Gasteiger partial charge in [-0.2, -0.15) is 0 Å². The average Bonchev–Trinajstić information content (AvgIpc) is 3.14. The van der Waals surface area contributed by atoms with Gasteiger partial charge in [-0.3, -0.25) is 4.79 Å². The van der Waals surface area contributed by atoms with Crippen LogP contribution in [0.1, 0.15) is 11.1 Å². The van der Waals surface area contributed by atoms with Gasteiger partial charge in [-0.25, -0.2) is 9.59 Å². The van der Waals surface area contributed by atoms with Crippen molar-refractivity contribution in [1.29, 1.82) is 0 Å². The van der Waals surface area contributed by atoms with Gasteiger partial charge in [0.05, 0.1) is 0 Å². The highest BCUT2D eigenvalue weighted by Crippen LogP contribution is 2.38. The van der Waals surface area contributed by atoms with Crippen molar-refractivity contribution in [3.8, 4) is 45.8 Å². The van der Waals surface area contributed by atoms with Crippen LogP contribution in [0.15, 0.2) is 106 Å². The van der Waals surface area contributed by atoms with Crippen LogP contribution in [-0.2, 0) is 23.8 Å². The van der Waals surface area contributed by atoms with Crippen molar-refractivity contribution in [3.05, 3.63) is 118 Å². The second kappa shape index (κ2) is 15.8. The van der Waals surface area contributed by atoms with Gasteiger partial charge in [-0.1, -0.05) is 24.3 Å². The summed E-state index contributed by atoms with van der Waals surface area (Å²) >= 11 is 0. The minimum Gasteiger partial charge on any atom is -0.508 e. The Labute approximate surface area is 305 Å². The third-order valence-electron chi connectivity index (χ3n) is 8.17. The van der Waals surface area contributed by atoms with Crippen LogP contribution in [0.25, 0.3) is 34.4 Å². The molecular weight excluding hydrogens is 708 g/mol. The van der Waals surface area contributed by atoms with Gasteiger partial charge in [-0.05, 0) is 71.8 Å². The molecule has 0 unspecified atom stereocenters. The highest BCUT2D eigenvalue weighted by atomic mass is 16.7. The second-order valence-corrected chi connectivity index (χ2v) is 12.0. The van der Waals surface area contributed by atoms with Crippen LogP contribution in [0.2, 0.25) is 0 Å². The number of rotatable bonds is 10. The van der Waals surface area contributed by atoms with Gasteiger partial charge in [0.15, 0.2) is 11.9 Å². The van der Waals surface area contributed by atoms with E-state index in [-0.39, 0.29) is 34.2 Å². The highest BCUT2D eigenvalue weighted by molar-refractivity contribution is 5.89. The first-order chi connectivity index (χ1) is 25.9. The SMILES string of the molecule is O=C(/C=C/c1ccc(O)cc1)OC[C@H]1O[C@@H](Oc2c(-c3ccc(O)cc3)oc3cc(O)cc(O)c3c2=O)[C@H](O)[C@@H](O)[C@@H]1OC(=O)/C=C/c1ccc(O)cc1. The standard InChI is InChI=1S/C39H32O15/c40-23-9-1-20(2-10-23)5-15-30(45)50-19-29-37(53-31(46)16-6-21-3-11-24(41)12-4-21)34(48)35(49)39(52-29)54-38-33(47)32-27(44)17-26(43)18-28(32)51-36(38)22-7-13-25(42)14-8-22/h1-18,29,34-35,37,39-44,48-49H,19H2/b15-5+,16-6+/t29-,34-,35-,37-,39+/m1/s1. The number of aromatic hydroxyl groups is 5. The number of esters is 2. The van der Waals surface area contributed by atoms with Gasteiger partial charge in [-0.15, -0.1) is 0 Å². The number of hydrogen-bond donors (Lipinski definition) is 7. The van der Waals surface area contributed by atoms with Crippen molar-refractivity contribution < 1.29 is 68.7 Å². The molecule has 7 N–H and O–H groups in total. The zero-order chi connectivity index (χ0) is 38.5. The third kappa shape index (κ3) is 8.45. The Hall–Kier alpha value is -6.81. The molecule has 5 aromatic rings. The molecule has 0 bridgehead atoms. The fourth-order valence-corrected chi connectivity index (χ4v) is 5.46. The van der Waals surface area contributed by atoms with E-state index in [9.17, 15) is 50.1 Å². The smallest absolute Gasteiger partial charge is 0.331 e. The van der Waals surface area contributed by atoms with Crippen LogP contribution in [0.3, 0.4) is 0 Å². The molecule has 54 heavy (non-hydrogen) atoms. The zero-order valence-electron chi connectivity index (χ0n) is 27.9. The summed E-state index contributed by atoms with van der Waals surface area (Å²) in [6.07, 6.45) is -4.20. The summed E-state index contributed by atoms with van der Waals surface area (Å²) < 4.78 is 28.4. The van der Waals surface area contributed by atoms with Crippen LogP contribution in [0.4, 0.5) is 0 Å². The molecule has 0 radical (unpaired) electrons. The Balaban J connectivity index is 1.30. The van der Waals surface area contributed by atoms with Crippen molar-refractivity contribution in [1.82, 2.24) is 0 Å². The Morgan fingerprint density at radius 2 is 1.26 bits per heavy atom. The van der Waals surface area contributed by atoms with E-state index in [4.69, 9.17) is 23.4 Å². The monoisotopic (exact) mass is 740 g/mol. The minimum absolute atomic E-state index is 0.00556. The molecule has 6 rings (SSSR count). The molecule has 0 aliphatic carbocycles. The summed E-state index contributed by atoms with van der Waals surface area (Å²) in [5, 5.41) is 71.5. The Morgan fingerprint density at radius 1 is 0.704 bits per heavy atom. The molecular formula is C39H32O15. The van der Waals surface area contributed by atoms with Crippen molar-refractivity contribution in [2.24, 2.45) is 0 Å². The number of carbonyl (C=O) groups excluding carboxylic acids is 2. The summed E-state index contributed by atoms with van der Waals surface area (Å²) in [5.41, 5.74) is 0.0313. The van der Waals surface area contributed by atoms with Crippen LogP contribution >= 0.6 is 0 Å². The van der Waals surface area contributed by atoms with Crippen LogP contribution < -0.4 is 10.2 Å². The predicted molar refractivity (Wildman–Crippen MR) is 189 cm³/mol. The maximum Gasteiger partial charge on any atom is 0.331 e. The highest BCUT2D eigenvalue weighted by Gasteiger charge is 2.49. The Kier molecular flexibility index (Phi) is 10.8. The second-order valence-electron chi connectivity index (χ2n) is 12.0. The Morgan fingerprint density at radius 3 is 1.85 bits per heavy atom. The molecule has 1 aliphatic rings. The molecule has 1 saturated heterocycles. The summed E-state index contributed by atoms with van der Waals surface area (Å²) in [6.45, 7) is -0.667. The molecule has 1 aromatic heterocycles. The van der Waals surface area contributed by atoms with E-state index in [0.717, 1.165) is 24.3 Å². The summed E-state index contributed by atoms with van der Waals surface area (Å²) in [7, 11) is 0. The first-order valence-electron chi connectivity index (χ1n) is 16.2. The number of carbonyl (C=O) groups is 2. The van der Waals surface area contributed by atoms with E-state index in [1.807, 2.05) is 0 Å². The number of hydrogen-bond acceptors (Lipinski definition) is 15. The molecule has 1 aliphatic heterocycles. The van der Waals surface area contributed by atoms with Crippen molar-refractivity contribution in [2.45, 2.75) is 30.7 Å². The number of aliphatic hydroxyl groups excluding tert-OH is 2. The predicted octanol–water partition coefficient (Wildman–Crippen LogP) is 3.70. The van der Waals surface area contributed by atoms with E-state index in [0.29, 0.717) is 11.1 Å². The number of aliphatic hydroxyl groups is 2. The normalized spacial score (nSPS) is 19.9. The van der Waals surface area contributed by atoms with Gasteiger partial charge < -0.3 is 59.1 Å². The van der Waals surface area contributed by atoms with Gasteiger partial charge in [0.2, 0.25) is 17.5 Å². The van der Waals surface area contributed by atoms with Crippen molar-refractivity contribution >= 4 is 35.1 Å². The molecule has 15 heteroatoms. The molecule has 0 spiro atoms. The van der Waals surface area contributed by atoms with Crippen molar-refractivity contribution in [2.75, 3.05) is 6.61 Å². The van der Waals surface area contributed by atoms with Gasteiger partial charge in [0.1, 0.15) is 64.6 Å². The topological polar surface area (TPSA) is 243 Å². The largest absolute Gasteiger partial charge is 0.508 e. The number of fused-ring (bicyclic) bond motifs is 1. The number of benzene rings is 4. The van der Waals surface area contributed by atoms with E-state index in [1.165, 1.54) is 72.8 Å². The van der Waals surface area contributed by atoms with Gasteiger partial charge >= 0.3 is 11.9 Å². The van der Waals surface area contributed by atoms with E-state index >= 15 is 0 Å². The minimum atomic E-state index is -2.01. The summed E-state index contributed by atoms with van der Waals surface area (Å²) in [4.78, 5) is 39.5. The van der Waals surface area contributed by atoms with Crippen LogP contribution in [-0.4, -0.2) is 85.0 Å². The number of phenolic OH excluding ortho intramolecular Hbond substituents is 5. The lowest BCUT2D eigenvalue weighted by atomic mass is 9.98. The molecule has 278 valence electrons. The molecule has 2 heterocycles. The van der Waals surface area contributed by atoms with E-state index in [2.05, 4.69) is 0 Å². The molecule has 0 amide bonds. The lowest BCUT2D eigenvalue weighted by Crippen LogP contribution is -2.61. The molecule has 0 saturated carbocycles. The Bertz CT molecular complexity index is 2260. The fraction of sp³-hybridized carbons (Fsp3) is 0.154. The number of phenols is 5. The fourth-order valence-electron chi connectivity index (χ4n) is 5.46. The summed E-state index contributed by atoms with van der Waals surface area (Å²) in [6, 6.07) is 19.1. The van der Waals surface area contributed by atoms with Gasteiger partial charge in [0, 0.05) is 29.8 Å². The lowest BCUT2D eigenvalue weighted by Gasteiger charge is -2.41. The molecule has 15 nitrogen and oxygen atoms in total. The molecule has 4 aromatic carbocycles. The van der Waals surface area contributed by atoms with Gasteiger partial charge in [0.25, 0.3) is 0 Å². The van der Waals surface area contributed by atoms with Crippen molar-refractivity contribution in [3.63, 3.8) is 0 Å². The average molecular weight is 741 g/mol. The zero-order valence-corrected chi connectivity index (χ0v) is 27.9. The molecule has 1 fully saturated rings. The third-order valence-corrected chi connectivity index (χ3v) is 8.17. The number of ether oxygens (including phenoxy) is 4.